The summed E-state index contributed by atoms with van der Waals surface area (Å²) < 4.78 is 14.0. The lowest BCUT2D eigenvalue weighted by atomic mass is 10.2. The molecule has 0 aliphatic carbocycles. The number of thioether (sulfide) groups is 1. The van der Waals surface area contributed by atoms with Crippen LogP contribution < -0.4 is 0 Å². The minimum atomic E-state index is -0.208. The summed E-state index contributed by atoms with van der Waals surface area (Å²) in [4.78, 5) is 5.40. The SMILES string of the molecule is CCSc1cccc(F)c1-c1nc(CCCl)cs1. The maximum atomic E-state index is 14.0. The molecule has 96 valence electrons. The third kappa shape index (κ3) is 3.05. The smallest absolute Gasteiger partial charge is 0.134 e. The highest BCUT2D eigenvalue weighted by molar-refractivity contribution is 7.99. The van der Waals surface area contributed by atoms with Crippen molar-refractivity contribution in [3.05, 3.63) is 35.1 Å². The van der Waals surface area contributed by atoms with Crippen LogP contribution in [0.5, 0.6) is 0 Å². The van der Waals surface area contributed by atoms with E-state index >= 15 is 0 Å². The maximum Gasteiger partial charge on any atom is 0.134 e. The number of aromatic nitrogens is 1. The fraction of sp³-hybridized carbons (Fsp3) is 0.308. The zero-order valence-electron chi connectivity index (χ0n) is 9.95. The van der Waals surface area contributed by atoms with E-state index in [0.717, 1.165) is 27.8 Å². The second kappa shape index (κ2) is 6.55. The Morgan fingerprint density at radius 3 is 3.00 bits per heavy atom. The average molecular weight is 302 g/mol. The molecule has 18 heavy (non-hydrogen) atoms. The summed E-state index contributed by atoms with van der Waals surface area (Å²) in [5.41, 5.74) is 1.55. The van der Waals surface area contributed by atoms with Crippen LogP contribution in [0.4, 0.5) is 4.39 Å². The third-order valence-corrected chi connectivity index (χ3v) is 4.43. The molecular weight excluding hydrogens is 289 g/mol. The van der Waals surface area contributed by atoms with Gasteiger partial charge in [-0.3, -0.25) is 0 Å². The first kappa shape index (κ1) is 13.8. The van der Waals surface area contributed by atoms with Crippen molar-refractivity contribution in [1.82, 2.24) is 4.98 Å². The van der Waals surface area contributed by atoms with E-state index in [1.165, 1.54) is 17.4 Å². The van der Waals surface area contributed by atoms with Crippen molar-refractivity contribution >= 4 is 34.7 Å². The van der Waals surface area contributed by atoms with Gasteiger partial charge < -0.3 is 0 Å². The van der Waals surface area contributed by atoms with E-state index in [1.54, 1.807) is 17.8 Å². The van der Waals surface area contributed by atoms with Crippen molar-refractivity contribution in [2.45, 2.75) is 18.2 Å². The predicted molar refractivity (Wildman–Crippen MR) is 78.3 cm³/mol. The van der Waals surface area contributed by atoms with Crippen molar-refractivity contribution < 1.29 is 4.39 Å². The van der Waals surface area contributed by atoms with Gasteiger partial charge in [0.1, 0.15) is 10.8 Å². The predicted octanol–water partition coefficient (Wildman–Crippen LogP) is 4.84. The average Bonchev–Trinajstić information content (AvgIpc) is 2.78. The lowest BCUT2D eigenvalue weighted by Crippen LogP contribution is -1.90. The largest absolute Gasteiger partial charge is 0.241 e. The molecule has 0 saturated heterocycles. The van der Waals surface area contributed by atoms with E-state index in [9.17, 15) is 4.39 Å². The minimum absolute atomic E-state index is 0.208. The normalized spacial score (nSPS) is 10.8. The van der Waals surface area contributed by atoms with Gasteiger partial charge in [-0.15, -0.1) is 34.7 Å². The molecule has 0 amide bonds. The molecule has 0 saturated carbocycles. The van der Waals surface area contributed by atoms with Crippen molar-refractivity contribution in [1.29, 1.82) is 0 Å². The number of aryl methyl sites for hydroxylation is 1. The Morgan fingerprint density at radius 1 is 1.44 bits per heavy atom. The standard InChI is InChI=1S/C13H13ClFNS2/c1-2-17-11-5-3-4-10(15)12(11)13-16-9(6-7-14)8-18-13/h3-5,8H,2,6-7H2,1H3. The van der Waals surface area contributed by atoms with E-state index < -0.39 is 0 Å². The molecule has 0 spiro atoms. The molecule has 0 aliphatic heterocycles. The van der Waals surface area contributed by atoms with Gasteiger partial charge in [0.15, 0.2) is 0 Å². The molecule has 1 aromatic heterocycles. The summed E-state index contributed by atoms with van der Waals surface area (Å²) >= 11 is 8.80. The lowest BCUT2D eigenvalue weighted by molar-refractivity contribution is 0.628. The van der Waals surface area contributed by atoms with Crippen LogP contribution in [-0.4, -0.2) is 16.6 Å². The Hall–Kier alpha value is -0.580. The van der Waals surface area contributed by atoms with Gasteiger partial charge in [-0.25, -0.2) is 9.37 Å². The quantitative estimate of drug-likeness (QED) is 0.579. The van der Waals surface area contributed by atoms with E-state index in [-0.39, 0.29) is 5.82 Å². The van der Waals surface area contributed by atoms with Gasteiger partial charge in [-0.1, -0.05) is 13.0 Å². The maximum absolute atomic E-state index is 14.0. The summed E-state index contributed by atoms with van der Waals surface area (Å²) in [5.74, 6) is 1.24. The topological polar surface area (TPSA) is 12.9 Å². The first-order chi connectivity index (χ1) is 8.76. The minimum Gasteiger partial charge on any atom is -0.241 e. The van der Waals surface area contributed by atoms with E-state index in [0.29, 0.717) is 11.4 Å². The van der Waals surface area contributed by atoms with Gasteiger partial charge >= 0.3 is 0 Å². The Kier molecular flexibility index (Phi) is 5.03. The molecule has 0 atom stereocenters. The fourth-order valence-electron chi connectivity index (χ4n) is 1.62. The van der Waals surface area contributed by atoms with Gasteiger partial charge in [0.25, 0.3) is 0 Å². The molecule has 0 fully saturated rings. The highest BCUT2D eigenvalue weighted by Gasteiger charge is 2.14. The molecule has 0 radical (unpaired) electrons. The zero-order chi connectivity index (χ0) is 13.0. The van der Waals surface area contributed by atoms with Crippen LogP contribution in [0.15, 0.2) is 28.5 Å². The monoisotopic (exact) mass is 301 g/mol. The summed E-state index contributed by atoms with van der Waals surface area (Å²) in [6.45, 7) is 2.06. The lowest BCUT2D eigenvalue weighted by Gasteiger charge is -2.06. The molecule has 1 nitrogen and oxygen atoms in total. The van der Waals surface area contributed by atoms with Gasteiger partial charge in [0.2, 0.25) is 0 Å². The van der Waals surface area contributed by atoms with Crippen molar-refractivity contribution in [2.75, 3.05) is 11.6 Å². The molecule has 1 heterocycles. The van der Waals surface area contributed by atoms with Crippen LogP contribution in [0, 0.1) is 5.82 Å². The van der Waals surface area contributed by atoms with Gasteiger partial charge in [-0.2, -0.15) is 0 Å². The molecule has 5 heteroatoms. The molecule has 1 aromatic carbocycles. The van der Waals surface area contributed by atoms with Crippen LogP contribution in [0.25, 0.3) is 10.6 Å². The van der Waals surface area contributed by atoms with Crippen molar-refractivity contribution in [3.63, 3.8) is 0 Å². The van der Waals surface area contributed by atoms with E-state index in [4.69, 9.17) is 11.6 Å². The number of benzene rings is 1. The second-order valence-electron chi connectivity index (χ2n) is 3.63. The summed E-state index contributed by atoms with van der Waals surface area (Å²) in [6.07, 6.45) is 0.725. The summed E-state index contributed by atoms with van der Waals surface area (Å²) in [5, 5.41) is 2.69. The van der Waals surface area contributed by atoms with Crippen LogP contribution in [0.1, 0.15) is 12.6 Å². The Balaban J connectivity index is 2.41. The van der Waals surface area contributed by atoms with Crippen molar-refractivity contribution in [3.8, 4) is 10.6 Å². The number of nitrogens with zero attached hydrogens (tertiary/aromatic N) is 1. The fourth-order valence-corrected chi connectivity index (χ4v) is 3.62. The summed E-state index contributed by atoms with van der Waals surface area (Å²) in [7, 11) is 0. The Morgan fingerprint density at radius 2 is 2.28 bits per heavy atom. The number of rotatable bonds is 5. The third-order valence-electron chi connectivity index (χ3n) is 2.39. The first-order valence-corrected chi connectivity index (χ1v) is 8.08. The highest BCUT2D eigenvalue weighted by atomic mass is 35.5. The van der Waals surface area contributed by atoms with Crippen LogP contribution in [0.2, 0.25) is 0 Å². The number of hydrogen-bond donors (Lipinski definition) is 0. The number of thiazole rings is 1. The number of alkyl halides is 1. The van der Waals surface area contributed by atoms with Gasteiger partial charge in [0, 0.05) is 22.6 Å². The van der Waals surface area contributed by atoms with Gasteiger partial charge in [-0.05, 0) is 17.9 Å². The van der Waals surface area contributed by atoms with Crippen LogP contribution in [0.3, 0.4) is 0 Å². The Bertz CT molecular complexity index is 527. The van der Waals surface area contributed by atoms with Crippen LogP contribution in [-0.2, 0) is 6.42 Å². The van der Waals surface area contributed by atoms with Crippen LogP contribution >= 0.6 is 34.7 Å². The van der Waals surface area contributed by atoms with E-state index in [1.807, 2.05) is 11.4 Å². The number of halogens is 2. The molecule has 0 N–H and O–H groups in total. The highest BCUT2D eigenvalue weighted by Crippen LogP contribution is 2.35. The molecular formula is C13H13ClFNS2. The molecule has 2 aromatic rings. The van der Waals surface area contributed by atoms with Crippen molar-refractivity contribution in [2.24, 2.45) is 0 Å². The zero-order valence-corrected chi connectivity index (χ0v) is 12.3. The molecule has 0 bridgehead atoms. The summed E-state index contributed by atoms with van der Waals surface area (Å²) in [6, 6.07) is 5.16. The molecule has 0 unspecified atom stereocenters. The second-order valence-corrected chi connectivity index (χ2v) is 6.17. The molecule has 0 aliphatic rings. The van der Waals surface area contributed by atoms with Gasteiger partial charge in [0.05, 0.1) is 11.3 Å². The number of hydrogen-bond acceptors (Lipinski definition) is 3. The van der Waals surface area contributed by atoms with E-state index in [2.05, 4.69) is 11.9 Å². The Labute approximate surface area is 119 Å². The first-order valence-electron chi connectivity index (χ1n) is 5.68. The molecule has 2 rings (SSSR count).